The van der Waals surface area contributed by atoms with Crippen LogP contribution in [0.1, 0.15) is 115 Å². The van der Waals surface area contributed by atoms with Gasteiger partial charge in [0.2, 0.25) is 0 Å². The molecular weight excluding hydrogens is 815 g/mol. The highest BCUT2D eigenvalue weighted by Crippen LogP contribution is 2.64. The van der Waals surface area contributed by atoms with E-state index in [4.69, 9.17) is 0 Å². The Morgan fingerprint density at radius 2 is 1.27 bits per heavy atom. The summed E-state index contributed by atoms with van der Waals surface area (Å²) in [5.74, 6) is 2.33. The van der Waals surface area contributed by atoms with Gasteiger partial charge in [0.05, 0.1) is 0 Å². The number of fused-ring (bicyclic) bond motifs is 9. The molecule has 7 aromatic carbocycles. The van der Waals surface area contributed by atoms with Gasteiger partial charge in [-0.3, -0.25) is 0 Å². The van der Waals surface area contributed by atoms with Crippen LogP contribution in [0.5, 0.6) is 0 Å². The highest BCUT2D eigenvalue weighted by Gasteiger charge is 2.55. The Labute approximate surface area is 396 Å². The lowest BCUT2D eigenvalue weighted by Crippen LogP contribution is -2.36. The summed E-state index contributed by atoms with van der Waals surface area (Å²) < 4.78 is 0. The van der Waals surface area contributed by atoms with Gasteiger partial charge in [-0.15, -0.1) is 11.8 Å². The molecule has 0 saturated heterocycles. The van der Waals surface area contributed by atoms with E-state index in [1.807, 2.05) is 0 Å². The summed E-state index contributed by atoms with van der Waals surface area (Å²) in [6.45, 7) is 4.87. The number of benzene rings is 7. The summed E-state index contributed by atoms with van der Waals surface area (Å²) in [7, 11) is 0. The maximum absolute atomic E-state index is 2.63. The summed E-state index contributed by atoms with van der Waals surface area (Å²) in [4.78, 5) is 4.09. The van der Waals surface area contributed by atoms with Crippen LogP contribution in [-0.2, 0) is 10.8 Å². The second kappa shape index (κ2) is 15.8. The lowest BCUT2D eigenvalue weighted by Gasteiger charge is -2.41. The lowest BCUT2D eigenvalue weighted by atomic mass is 9.61. The van der Waals surface area contributed by atoms with Crippen molar-refractivity contribution in [3.8, 4) is 11.1 Å². The molecular formula is C64H57NS. The van der Waals surface area contributed by atoms with Gasteiger partial charge in [0.25, 0.3) is 0 Å². The SMILES string of the molecule is CC1(C)c2cc(-c3ccc(N(c4cccc(C5=CC6c7ccccc7SC6CC5)c4)c4cccc5c4C4CCCCC4C5(c4ccccc4)c4ccccc4)cc3)ccc2C2C=CC=CC21. The number of thioether (sulfide) groups is 1. The topological polar surface area (TPSA) is 3.24 Å². The molecule has 2 heteroatoms. The minimum atomic E-state index is -0.236. The lowest BCUT2D eigenvalue weighted by molar-refractivity contribution is 0.262. The second-order valence-corrected chi connectivity index (χ2v) is 21.8. The number of nitrogens with zero attached hydrogens (tertiary/aromatic N) is 1. The van der Waals surface area contributed by atoms with Crippen LogP contribution in [0, 0.1) is 11.8 Å². The van der Waals surface area contributed by atoms with Gasteiger partial charge in [0, 0.05) is 44.5 Å². The van der Waals surface area contributed by atoms with Crippen molar-refractivity contribution in [2.75, 3.05) is 4.90 Å². The van der Waals surface area contributed by atoms with E-state index < -0.39 is 0 Å². The quantitative estimate of drug-likeness (QED) is 0.157. The average molecular weight is 872 g/mol. The zero-order valence-corrected chi connectivity index (χ0v) is 38.9. The molecule has 6 unspecified atom stereocenters. The van der Waals surface area contributed by atoms with Crippen LogP contribution < -0.4 is 4.90 Å². The molecule has 13 rings (SSSR count). The van der Waals surface area contributed by atoms with Crippen molar-refractivity contribution >= 4 is 34.4 Å². The molecule has 0 radical (unpaired) electrons. The van der Waals surface area contributed by atoms with E-state index in [-0.39, 0.29) is 10.8 Å². The largest absolute Gasteiger partial charge is 0.310 e. The van der Waals surface area contributed by atoms with E-state index in [1.165, 1.54) is 115 Å². The summed E-state index contributed by atoms with van der Waals surface area (Å²) in [5, 5.41) is 0.628. The van der Waals surface area contributed by atoms with Gasteiger partial charge < -0.3 is 4.90 Å². The zero-order valence-electron chi connectivity index (χ0n) is 38.1. The molecule has 1 aliphatic heterocycles. The molecule has 0 spiro atoms. The molecule has 0 bridgehead atoms. The Balaban J connectivity index is 0.973. The standard InChI is InChI=1S/C64H57NS/c1-63(2)55-26-12-9-23-50(55)51-37-33-45(41-58(51)63)42-31-35-48(36-32-42)65(49-22-15-17-43(39-49)44-34-38-61-54(40-44)52-24-11-14-30-60(52)66-61)59-29-16-28-57-62(59)53-25-10-13-27-56(53)64(57,46-18-5-3-6-19-46)47-20-7-4-8-21-47/h3-9,11-12,14-24,26,28-33,35-37,39-41,50,53-56,61H,10,13,25,27,34,38H2,1-2H3. The molecule has 0 aromatic heterocycles. The Morgan fingerprint density at radius 1 is 0.545 bits per heavy atom. The molecule has 5 aliphatic carbocycles. The van der Waals surface area contributed by atoms with E-state index in [2.05, 4.69) is 231 Å². The summed E-state index contributed by atoms with van der Waals surface area (Å²) in [5.41, 5.74) is 19.3. The maximum atomic E-state index is 2.63. The molecule has 66 heavy (non-hydrogen) atoms. The fourth-order valence-electron chi connectivity index (χ4n) is 14.0. The third-order valence-corrected chi connectivity index (χ3v) is 18.4. The normalized spacial score (nSPS) is 24.6. The van der Waals surface area contributed by atoms with E-state index in [0.717, 1.165) is 6.42 Å². The van der Waals surface area contributed by atoms with Crippen LogP contribution in [0.2, 0.25) is 0 Å². The van der Waals surface area contributed by atoms with Gasteiger partial charge in [0.15, 0.2) is 0 Å². The predicted molar refractivity (Wildman–Crippen MR) is 278 cm³/mol. The molecule has 6 aliphatic rings. The minimum absolute atomic E-state index is 0.0765. The Hall–Kier alpha value is -6.09. The average Bonchev–Trinajstić information content (AvgIpc) is 3.98. The highest BCUT2D eigenvalue weighted by atomic mass is 32.2. The minimum Gasteiger partial charge on any atom is -0.310 e. The van der Waals surface area contributed by atoms with Gasteiger partial charge in [0.1, 0.15) is 0 Å². The molecule has 1 heterocycles. The second-order valence-electron chi connectivity index (χ2n) is 20.5. The Bertz CT molecular complexity index is 3040. The molecule has 324 valence electrons. The van der Waals surface area contributed by atoms with Crippen molar-refractivity contribution in [3.05, 3.63) is 245 Å². The Kier molecular flexibility index (Phi) is 9.61. The van der Waals surface area contributed by atoms with Crippen LogP contribution in [-0.4, -0.2) is 5.25 Å². The molecule has 6 atom stereocenters. The first-order chi connectivity index (χ1) is 32.5. The van der Waals surface area contributed by atoms with Gasteiger partial charge in [-0.05, 0) is 146 Å². The van der Waals surface area contributed by atoms with Crippen LogP contribution in [0.15, 0.2) is 205 Å². The maximum Gasteiger partial charge on any atom is 0.0499 e. The molecule has 1 saturated carbocycles. The molecule has 1 nitrogen and oxygen atoms in total. The van der Waals surface area contributed by atoms with Gasteiger partial charge in [-0.2, -0.15) is 0 Å². The van der Waals surface area contributed by atoms with Crippen molar-refractivity contribution in [1.82, 2.24) is 0 Å². The molecule has 7 aromatic rings. The molecule has 0 amide bonds. The van der Waals surface area contributed by atoms with Crippen molar-refractivity contribution in [2.45, 2.75) is 91.1 Å². The predicted octanol–water partition coefficient (Wildman–Crippen LogP) is 17.0. The van der Waals surface area contributed by atoms with E-state index in [1.54, 1.807) is 0 Å². The van der Waals surface area contributed by atoms with Gasteiger partial charge in [-0.25, -0.2) is 0 Å². The van der Waals surface area contributed by atoms with E-state index >= 15 is 0 Å². The fourth-order valence-corrected chi connectivity index (χ4v) is 15.4. The first-order valence-corrected chi connectivity index (χ1v) is 25.6. The third-order valence-electron chi connectivity index (χ3n) is 16.9. The van der Waals surface area contributed by atoms with E-state index in [9.17, 15) is 0 Å². The van der Waals surface area contributed by atoms with Crippen LogP contribution in [0.4, 0.5) is 17.1 Å². The van der Waals surface area contributed by atoms with Crippen molar-refractivity contribution in [3.63, 3.8) is 0 Å². The van der Waals surface area contributed by atoms with Crippen molar-refractivity contribution < 1.29 is 0 Å². The number of rotatable bonds is 7. The highest BCUT2D eigenvalue weighted by molar-refractivity contribution is 8.00. The fraction of sp³-hybridized carbons (Fsp3) is 0.250. The van der Waals surface area contributed by atoms with Gasteiger partial charge in [-0.1, -0.05) is 191 Å². The number of anilines is 3. The summed E-state index contributed by atoms with van der Waals surface area (Å²) in [6.07, 6.45) is 19.2. The smallest absolute Gasteiger partial charge is 0.0499 e. The van der Waals surface area contributed by atoms with Crippen LogP contribution in [0.3, 0.4) is 0 Å². The zero-order chi connectivity index (χ0) is 44.0. The molecule has 0 N–H and O–H groups in total. The molecule has 1 fully saturated rings. The first-order valence-electron chi connectivity index (χ1n) is 24.7. The van der Waals surface area contributed by atoms with Crippen molar-refractivity contribution in [1.29, 1.82) is 0 Å². The number of hydrogen-bond donors (Lipinski definition) is 0. The first kappa shape index (κ1) is 40.2. The number of allylic oxidation sites excluding steroid dienone is 6. The van der Waals surface area contributed by atoms with Crippen molar-refractivity contribution in [2.24, 2.45) is 11.8 Å². The van der Waals surface area contributed by atoms with Gasteiger partial charge >= 0.3 is 0 Å². The Morgan fingerprint density at radius 3 is 2.09 bits per heavy atom. The summed E-state index contributed by atoms with van der Waals surface area (Å²) in [6, 6.07) is 65.8. The van der Waals surface area contributed by atoms with E-state index in [0.29, 0.717) is 34.8 Å². The third kappa shape index (κ3) is 6.13. The van der Waals surface area contributed by atoms with Crippen LogP contribution >= 0.6 is 11.8 Å². The monoisotopic (exact) mass is 871 g/mol. The number of hydrogen-bond acceptors (Lipinski definition) is 2. The van der Waals surface area contributed by atoms with Crippen LogP contribution in [0.25, 0.3) is 16.7 Å². The summed E-state index contributed by atoms with van der Waals surface area (Å²) >= 11 is 2.09.